The number of hydrogen-bond donors (Lipinski definition) is 1. The van der Waals surface area contributed by atoms with Crippen molar-refractivity contribution < 1.29 is 4.79 Å². The topological polar surface area (TPSA) is 32.3 Å². The molecule has 1 aromatic rings. The molecule has 0 aliphatic rings. The zero-order chi connectivity index (χ0) is 14.1. The molecule has 0 heterocycles. The molecule has 3 nitrogen and oxygen atoms in total. The Labute approximate surface area is 117 Å². The number of hydrogen-bond acceptors (Lipinski definition) is 2. The van der Waals surface area contributed by atoms with E-state index >= 15 is 0 Å². The minimum absolute atomic E-state index is 0.124. The fraction of sp³-hybridized carbons (Fsp3) is 0.562. The molecular formula is C16H26N2O. The molecule has 1 amide bonds. The summed E-state index contributed by atoms with van der Waals surface area (Å²) in [5.74, 6) is 0.755. The summed E-state index contributed by atoms with van der Waals surface area (Å²) >= 11 is 0. The second kappa shape index (κ2) is 8.70. The van der Waals surface area contributed by atoms with Crippen LogP contribution in [0.5, 0.6) is 0 Å². The minimum atomic E-state index is 0.124. The lowest BCUT2D eigenvalue weighted by atomic mass is 10.1. The van der Waals surface area contributed by atoms with Gasteiger partial charge in [-0.2, -0.15) is 0 Å². The first-order valence-corrected chi connectivity index (χ1v) is 7.14. The van der Waals surface area contributed by atoms with Crippen LogP contribution in [0.25, 0.3) is 0 Å². The standard InChI is InChI=1S/C16H26N2O/c1-4-18(12-15-8-6-5-7-9-15)13-16(19)17-11-10-14(2)3/h5-9,14H,4,10-13H2,1-3H3,(H,17,19). The Morgan fingerprint density at radius 1 is 1.26 bits per heavy atom. The Hall–Kier alpha value is -1.35. The quantitative estimate of drug-likeness (QED) is 0.781. The fourth-order valence-corrected chi connectivity index (χ4v) is 1.88. The summed E-state index contributed by atoms with van der Waals surface area (Å²) in [6.07, 6.45) is 1.04. The highest BCUT2D eigenvalue weighted by atomic mass is 16.2. The molecule has 0 unspecified atom stereocenters. The normalized spacial score (nSPS) is 11.0. The number of carbonyl (C=O) groups excluding carboxylic acids is 1. The van der Waals surface area contributed by atoms with Crippen molar-refractivity contribution in [1.29, 1.82) is 0 Å². The van der Waals surface area contributed by atoms with Gasteiger partial charge in [0.05, 0.1) is 6.54 Å². The second-order valence-corrected chi connectivity index (χ2v) is 5.32. The van der Waals surface area contributed by atoms with E-state index in [1.165, 1.54) is 5.56 Å². The van der Waals surface area contributed by atoms with Crippen molar-refractivity contribution in [2.75, 3.05) is 19.6 Å². The van der Waals surface area contributed by atoms with Crippen LogP contribution in [0.15, 0.2) is 30.3 Å². The van der Waals surface area contributed by atoms with Crippen LogP contribution >= 0.6 is 0 Å². The van der Waals surface area contributed by atoms with Crippen LogP contribution in [0.1, 0.15) is 32.8 Å². The van der Waals surface area contributed by atoms with Crippen molar-refractivity contribution in [3.63, 3.8) is 0 Å². The molecule has 3 heteroatoms. The van der Waals surface area contributed by atoms with Gasteiger partial charge in [0.25, 0.3) is 0 Å². The largest absolute Gasteiger partial charge is 0.355 e. The zero-order valence-electron chi connectivity index (χ0n) is 12.4. The molecule has 0 fully saturated rings. The summed E-state index contributed by atoms with van der Waals surface area (Å²) < 4.78 is 0. The molecule has 0 aromatic heterocycles. The molecule has 0 spiro atoms. The Balaban J connectivity index is 2.33. The summed E-state index contributed by atoms with van der Waals surface area (Å²) in [5.41, 5.74) is 1.25. The van der Waals surface area contributed by atoms with Crippen molar-refractivity contribution in [3.8, 4) is 0 Å². The van der Waals surface area contributed by atoms with Crippen molar-refractivity contribution in [2.24, 2.45) is 5.92 Å². The molecule has 0 aliphatic carbocycles. The van der Waals surface area contributed by atoms with Gasteiger partial charge >= 0.3 is 0 Å². The molecule has 0 saturated heterocycles. The predicted octanol–water partition coefficient (Wildman–Crippen LogP) is 2.67. The first kappa shape index (κ1) is 15.7. The van der Waals surface area contributed by atoms with Gasteiger partial charge in [0, 0.05) is 13.1 Å². The number of rotatable bonds is 8. The van der Waals surface area contributed by atoms with Gasteiger partial charge < -0.3 is 5.32 Å². The lowest BCUT2D eigenvalue weighted by Crippen LogP contribution is -2.37. The van der Waals surface area contributed by atoms with E-state index in [0.29, 0.717) is 12.5 Å². The van der Waals surface area contributed by atoms with Crippen LogP contribution in [0.3, 0.4) is 0 Å². The van der Waals surface area contributed by atoms with E-state index in [1.807, 2.05) is 18.2 Å². The zero-order valence-corrected chi connectivity index (χ0v) is 12.4. The van der Waals surface area contributed by atoms with Crippen LogP contribution in [-0.4, -0.2) is 30.4 Å². The molecule has 0 saturated carbocycles. The third kappa shape index (κ3) is 6.97. The van der Waals surface area contributed by atoms with Crippen molar-refractivity contribution in [2.45, 2.75) is 33.7 Å². The Bertz CT molecular complexity index is 362. The monoisotopic (exact) mass is 262 g/mol. The van der Waals surface area contributed by atoms with E-state index in [4.69, 9.17) is 0 Å². The van der Waals surface area contributed by atoms with E-state index in [9.17, 15) is 4.79 Å². The number of nitrogens with zero attached hydrogens (tertiary/aromatic N) is 1. The van der Waals surface area contributed by atoms with E-state index < -0.39 is 0 Å². The Morgan fingerprint density at radius 2 is 1.95 bits per heavy atom. The Kier molecular flexibility index (Phi) is 7.19. The molecule has 0 aliphatic heterocycles. The van der Waals surface area contributed by atoms with Gasteiger partial charge in [0.2, 0.25) is 5.91 Å². The van der Waals surface area contributed by atoms with Crippen molar-refractivity contribution in [3.05, 3.63) is 35.9 Å². The number of nitrogens with one attached hydrogen (secondary N) is 1. The van der Waals surface area contributed by atoms with E-state index in [1.54, 1.807) is 0 Å². The van der Waals surface area contributed by atoms with Gasteiger partial charge in [0.1, 0.15) is 0 Å². The summed E-state index contributed by atoms with van der Waals surface area (Å²) in [7, 11) is 0. The lowest BCUT2D eigenvalue weighted by molar-refractivity contribution is -0.122. The van der Waals surface area contributed by atoms with Gasteiger partial charge in [-0.05, 0) is 24.4 Å². The highest BCUT2D eigenvalue weighted by Gasteiger charge is 2.09. The molecule has 0 atom stereocenters. The number of carbonyl (C=O) groups is 1. The highest BCUT2D eigenvalue weighted by Crippen LogP contribution is 2.03. The van der Waals surface area contributed by atoms with Crippen molar-refractivity contribution in [1.82, 2.24) is 10.2 Å². The van der Waals surface area contributed by atoms with Crippen LogP contribution in [0.2, 0.25) is 0 Å². The number of benzene rings is 1. The molecule has 106 valence electrons. The first-order valence-electron chi connectivity index (χ1n) is 7.14. The second-order valence-electron chi connectivity index (χ2n) is 5.32. The minimum Gasteiger partial charge on any atom is -0.355 e. The summed E-state index contributed by atoms with van der Waals surface area (Å²) in [6, 6.07) is 10.3. The maximum absolute atomic E-state index is 11.8. The molecule has 0 bridgehead atoms. The molecule has 1 N–H and O–H groups in total. The van der Waals surface area contributed by atoms with Gasteiger partial charge in [-0.3, -0.25) is 9.69 Å². The molecule has 19 heavy (non-hydrogen) atoms. The average Bonchev–Trinajstić information content (AvgIpc) is 2.38. The summed E-state index contributed by atoms with van der Waals surface area (Å²) in [4.78, 5) is 14.0. The van der Waals surface area contributed by atoms with Crippen LogP contribution in [0.4, 0.5) is 0 Å². The highest BCUT2D eigenvalue weighted by molar-refractivity contribution is 5.77. The smallest absolute Gasteiger partial charge is 0.234 e. The number of amides is 1. The van der Waals surface area contributed by atoms with E-state index in [-0.39, 0.29) is 5.91 Å². The predicted molar refractivity (Wildman–Crippen MR) is 79.9 cm³/mol. The third-order valence-corrected chi connectivity index (χ3v) is 3.11. The third-order valence-electron chi connectivity index (χ3n) is 3.11. The summed E-state index contributed by atoms with van der Waals surface area (Å²) in [5, 5.41) is 2.98. The lowest BCUT2D eigenvalue weighted by Gasteiger charge is -2.20. The van der Waals surface area contributed by atoms with Gasteiger partial charge in [-0.25, -0.2) is 0 Å². The van der Waals surface area contributed by atoms with Gasteiger partial charge in [-0.1, -0.05) is 51.1 Å². The maximum atomic E-state index is 11.8. The van der Waals surface area contributed by atoms with Crippen LogP contribution < -0.4 is 5.32 Å². The van der Waals surface area contributed by atoms with Crippen LogP contribution in [-0.2, 0) is 11.3 Å². The molecule has 0 radical (unpaired) electrons. The fourth-order valence-electron chi connectivity index (χ4n) is 1.88. The average molecular weight is 262 g/mol. The Morgan fingerprint density at radius 3 is 2.53 bits per heavy atom. The van der Waals surface area contributed by atoms with Crippen molar-refractivity contribution >= 4 is 5.91 Å². The maximum Gasteiger partial charge on any atom is 0.234 e. The van der Waals surface area contributed by atoms with Gasteiger partial charge in [0.15, 0.2) is 0 Å². The first-order chi connectivity index (χ1) is 9.11. The number of likely N-dealkylation sites (N-methyl/N-ethyl adjacent to an activating group) is 1. The van der Waals surface area contributed by atoms with Crippen LogP contribution in [0, 0.1) is 5.92 Å². The molecule has 1 aromatic carbocycles. The molecule has 1 rings (SSSR count). The molecular weight excluding hydrogens is 236 g/mol. The summed E-state index contributed by atoms with van der Waals surface area (Å²) in [6.45, 7) is 9.38. The van der Waals surface area contributed by atoms with E-state index in [2.05, 4.69) is 43.1 Å². The van der Waals surface area contributed by atoms with E-state index in [0.717, 1.165) is 26.1 Å². The van der Waals surface area contributed by atoms with Gasteiger partial charge in [-0.15, -0.1) is 0 Å². The SMILES string of the molecule is CCN(CC(=O)NCCC(C)C)Cc1ccccc1.